The summed E-state index contributed by atoms with van der Waals surface area (Å²) in [4.78, 5) is 24.9. The minimum absolute atomic E-state index is 0.0359. The molecule has 1 amide bonds. The van der Waals surface area contributed by atoms with Crippen LogP contribution in [-0.2, 0) is 9.53 Å². The summed E-state index contributed by atoms with van der Waals surface area (Å²) in [5.74, 6) is -0.608. The number of hydrogen-bond acceptors (Lipinski definition) is 3. The molecular formula is C13H16ClNO3. The second kappa shape index (κ2) is 7.01. The predicted molar refractivity (Wildman–Crippen MR) is 69.7 cm³/mol. The average Bonchev–Trinajstić information content (AvgIpc) is 2.36. The summed E-state index contributed by atoms with van der Waals surface area (Å²) in [5, 5.41) is 0.569. The highest BCUT2D eigenvalue weighted by molar-refractivity contribution is 6.30. The maximum Gasteiger partial charge on any atom is 0.325 e. The Labute approximate surface area is 111 Å². The molecule has 98 valence electrons. The zero-order valence-corrected chi connectivity index (χ0v) is 11.2. The Hall–Kier alpha value is -1.55. The van der Waals surface area contributed by atoms with Crippen LogP contribution in [0.3, 0.4) is 0 Å². The van der Waals surface area contributed by atoms with E-state index in [1.807, 2.05) is 6.92 Å². The van der Waals surface area contributed by atoms with E-state index < -0.39 is 5.97 Å². The molecule has 0 aromatic heterocycles. The van der Waals surface area contributed by atoms with Gasteiger partial charge < -0.3 is 9.64 Å². The van der Waals surface area contributed by atoms with Crippen molar-refractivity contribution in [3.05, 3.63) is 34.9 Å². The van der Waals surface area contributed by atoms with Crippen molar-refractivity contribution in [2.75, 3.05) is 19.7 Å². The lowest BCUT2D eigenvalue weighted by Crippen LogP contribution is -2.36. The summed E-state index contributed by atoms with van der Waals surface area (Å²) >= 11 is 5.76. The van der Waals surface area contributed by atoms with Gasteiger partial charge in [0.15, 0.2) is 0 Å². The van der Waals surface area contributed by atoms with Gasteiger partial charge in [-0.2, -0.15) is 0 Å². The number of carbonyl (C=O) groups is 2. The number of nitrogens with zero attached hydrogens (tertiary/aromatic N) is 1. The lowest BCUT2D eigenvalue weighted by molar-refractivity contribution is -0.143. The number of hydrogen-bond donors (Lipinski definition) is 0. The van der Waals surface area contributed by atoms with Crippen LogP contribution < -0.4 is 0 Å². The van der Waals surface area contributed by atoms with E-state index in [2.05, 4.69) is 0 Å². The van der Waals surface area contributed by atoms with Crippen LogP contribution in [0, 0.1) is 0 Å². The molecule has 0 radical (unpaired) electrons. The van der Waals surface area contributed by atoms with Gasteiger partial charge >= 0.3 is 5.97 Å². The standard InChI is InChI=1S/C13H16ClNO3/c1-3-15(9-12(16)18-4-2)13(17)10-5-7-11(14)8-6-10/h5-8H,3-4,9H2,1-2H3. The van der Waals surface area contributed by atoms with E-state index in [1.54, 1.807) is 31.2 Å². The molecule has 1 aromatic rings. The molecule has 18 heavy (non-hydrogen) atoms. The van der Waals surface area contributed by atoms with Crippen molar-refractivity contribution in [2.45, 2.75) is 13.8 Å². The SMILES string of the molecule is CCOC(=O)CN(CC)C(=O)c1ccc(Cl)cc1. The van der Waals surface area contributed by atoms with Crippen LogP contribution in [-0.4, -0.2) is 36.5 Å². The Morgan fingerprint density at radius 2 is 1.83 bits per heavy atom. The molecule has 0 saturated carbocycles. The highest BCUT2D eigenvalue weighted by Crippen LogP contribution is 2.11. The highest BCUT2D eigenvalue weighted by atomic mass is 35.5. The largest absolute Gasteiger partial charge is 0.465 e. The number of amides is 1. The van der Waals surface area contributed by atoms with Crippen molar-refractivity contribution in [2.24, 2.45) is 0 Å². The molecule has 0 N–H and O–H groups in total. The summed E-state index contributed by atoms with van der Waals surface area (Å²) in [5.41, 5.74) is 0.505. The summed E-state index contributed by atoms with van der Waals surface area (Å²) in [6.07, 6.45) is 0. The van der Waals surface area contributed by atoms with Crippen LogP contribution in [0.5, 0.6) is 0 Å². The third-order valence-corrected chi connectivity index (χ3v) is 2.64. The Morgan fingerprint density at radius 3 is 2.33 bits per heavy atom. The second-order valence-corrected chi connectivity index (χ2v) is 4.07. The fourth-order valence-corrected chi connectivity index (χ4v) is 1.59. The van der Waals surface area contributed by atoms with E-state index >= 15 is 0 Å². The molecule has 0 atom stereocenters. The summed E-state index contributed by atoms with van der Waals surface area (Å²) < 4.78 is 4.83. The van der Waals surface area contributed by atoms with Crippen molar-refractivity contribution in [1.29, 1.82) is 0 Å². The smallest absolute Gasteiger partial charge is 0.325 e. The number of carbonyl (C=O) groups excluding carboxylic acids is 2. The molecule has 5 heteroatoms. The fourth-order valence-electron chi connectivity index (χ4n) is 1.46. The minimum Gasteiger partial charge on any atom is -0.465 e. The normalized spacial score (nSPS) is 9.94. The van der Waals surface area contributed by atoms with E-state index in [9.17, 15) is 9.59 Å². The number of esters is 1. The second-order valence-electron chi connectivity index (χ2n) is 3.63. The molecule has 0 aliphatic heterocycles. The van der Waals surface area contributed by atoms with Crippen molar-refractivity contribution >= 4 is 23.5 Å². The van der Waals surface area contributed by atoms with E-state index in [0.29, 0.717) is 23.7 Å². The number of halogens is 1. The Balaban J connectivity index is 2.73. The Kier molecular flexibility index (Phi) is 5.65. The predicted octanol–water partition coefficient (Wildman–Crippen LogP) is 2.37. The first kappa shape index (κ1) is 14.5. The molecule has 0 spiro atoms. The van der Waals surface area contributed by atoms with Crippen LogP contribution in [0.1, 0.15) is 24.2 Å². The first-order chi connectivity index (χ1) is 8.58. The fraction of sp³-hybridized carbons (Fsp3) is 0.385. The van der Waals surface area contributed by atoms with Crippen molar-refractivity contribution < 1.29 is 14.3 Å². The van der Waals surface area contributed by atoms with E-state index in [-0.39, 0.29) is 12.5 Å². The molecule has 0 unspecified atom stereocenters. The van der Waals surface area contributed by atoms with Crippen LogP contribution in [0.25, 0.3) is 0 Å². The van der Waals surface area contributed by atoms with Gasteiger partial charge in [-0.3, -0.25) is 9.59 Å². The Morgan fingerprint density at radius 1 is 1.22 bits per heavy atom. The highest BCUT2D eigenvalue weighted by Gasteiger charge is 2.17. The van der Waals surface area contributed by atoms with Gasteiger partial charge in [0.05, 0.1) is 6.61 Å². The van der Waals surface area contributed by atoms with Gasteiger partial charge in [-0.05, 0) is 38.1 Å². The van der Waals surface area contributed by atoms with E-state index in [0.717, 1.165) is 0 Å². The third-order valence-electron chi connectivity index (χ3n) is 2.39. The first-order valence-corrected chi connectivity index (χ1v) is 6.16. The van der Waals surface area contributed by atoms with Crippen LogP contribution in [0.4, 0.5) is 0 Å². The topological polar surface area (TPSA) is 46.6 Å². The van der Waals surface area contributed by atoms with E-state index in [4.69, 9.17) is 16.3 Å². The average molecular weight is 270 g/mol. The molecule has 0 heterocycles. The maximum absolute atomic E-state index is 12.1. The third kappa shape index (κ3) is 4.04. The van der Waals surface area contributed by atoms with Gasteiger partial charge in [-0.1, -0.05) is 11.6 Å². The maximum atomic E-state index is 12.1. The quantitative estimate of drug-likeness (QED) is 0.771. The van der Waals surface area contributed by atoms with Gasteiger partial charge in [0.1, 0.15) is 6.54 Å². The number of ether oxygens (including phenoxy) is 1. The van der Waals surface area contributed by atoms with Crippen molar-refractivity contribution in [3.8, 4) is 0 Å². The zero-order chi connectivity index (χ0) is 13.5. The zero-order valence-electron chi connectivity index (χ0n) is 10.5. The molecule has 1 aromatic carbocycles. The molecule has 0 saturated heterocycles. The van der Waals surface area contributed by atoms with Gasteiger partial charge in [-0.15, -0.1) is 0 Å². The van der Waals surface area contributed by atoms with E-state index in [1.165, 1.54) is 4.90 Å². The van der Waals surface area contributed by atoms with Gasteiger partial charge in [0.2, 0.25) is 0 Å². The minimum atomic E-state index is -0.401. The molecular weight excluding hydrogens is 254 g/mol. The summed E-state index contributed by atoms with van der Waals surface area (Å²) in [7, 11) is 0. The molecule has 0 bridgehead atoms. The number of rotatable bonds is 5. The summed E-state index contributed by atoms with van der Waals surface area (Å²) in [6.45, 7) is 4.26. The van der Waals surface area contributed by atoms with Crippen LogP contribution in [0.2, 0.25) is 5.02 Å². The van der Waals surface area contributed by atoms with Gasteiger partial charge in [0, 0.05) is 17.1 Å². The van der Waals surface area contributed by atoms with Gasteiger partial charge in [-0.25, -0.2) is 0 Å². The van der Waals surface area contributed by atoms with Crippen molar-refractivity contribution in [1.82, 2.24) is 4.90 Å². The lowest BCUT2D eigenvalue weighted by atomic mass is 10.2. The first-order valence-electron chi connectivity index (χ1n) is 5.79. The molecule has 4 nitrogen and oxygen atoms in total. The molecule has 0 aliphatic rings. The van der Waals surface area contributed by atoms with Crippen LogP contribution in [0.15, 0.2) is 24.3 Å². The monoisotopic (exact) mass is 269 g/mol. The van der Waals surface area contributed by atoms with Gasteiger partial charge in [0.25, 0.3) is 5.91 Å². The number of benzene rings is 1. The molecule has 0 fully saturated rings. The summed E-state index contributed by atoms with van der Waals surface area (Å²) in [6, 6.07) is 6.57. The molecule has 0 aliphatic carbocycles. The van der Waals surface area contributed by atoms with Crippen molar-refractivity contribution in [3.63, 3.8) is 0 Å². The lowest BCUT2D eigenvalue weighted by Gasteiger charge is -2.19. The van der Waals surface area contributed by atoms with Crippen LogP contribution >= 0.6 is 11.6 Å². The molecule has 1 rings (SSSR count). The Bertz CT molecular complexity index is 417. The number of likely N-dealkylation sites (N-methyl/N-ethyl adjacent to an activating group) is 1.